The van der Waals surface area contributed by atoms with E-state index >= 15 is 0 Å². The monoisotopic (exact) mass is 470 g/mol. The molecule has 1 N–H and O–H groups in total. The molecule has 1 saturated carbocycles. The zero-order valence-corrected chi connectivity index (χ0v) is 21.0. The average Bonchev–Trinajstić information content (AvgIpc) is 3.29. The van der Waals surface area contributed by atoms with Gasteiger partial charge in [-0.25, -0.2) is 0 Å². The molecule has 2 aliphatic heterocycles. The highest BCUT2D eigenvalue weighted by atomic mass is 32.1. The second-order valence-corrected chi connectivity index (χ2v) is 11.7. The van der Waals surface area contributed by atoms with E-state index in [9.17, 15) is 9.59 Å². The molecular weight excluding hydrogens is 432 g/mol. The van der Waals surface area contributed by atoms with Crippen LogP contribution in [0.5, 0.6) is 0 Å². The van der Waals surface area contributed by atoms with Gasteiger partial charge in [-0.1, -0.05) is 19.8 Å². The molecule has 0 bridgehead atoms. The standard InChI is InChI=1S/C26H38N4O2S/c1-19-7-9-20(10-8-19)27-25(32)26(2)18-29-21-11-16-33-23(21)17-22(29)24(31)30(26)15-14-28-12-5-3-4-6-13-28/h11,16-17,19-20H,3-10,12-15,18H2,1-2H3,(H,27,32)/t19?,20?,26-/m1/s1. The van der Waals surface area contributed by atoms with E-state index in [1.54, 1.807) is 11.3 Å². The van der Waals surface area contributed by atoms with Crippen LogP contribution in [0.25, 0.3) is 10.2 Å². The summed E-state index contributed by atoms with van der Waals surface area (Å²) in [6.07, 6.45) is 9.44. The fourth-order valence-electron chi connectivity index (χ4n) is 5.97. The summed E-state index contributed by atoms with van der Waals surface area (Å²) in [7, 11) is 0. The van der Waals surface area contributed by atoms with Crippen molar-refractivity contribution in [1.29, 1.82) is 0 Å². The van der Waals surface area contributed by atoms with Crippen molar-refractivity contribution in [3.63, 3.8) is 0 Å². The van der Waals surface area contributed by atoms with Gasteiger partial charge in [0, 0.05) is 19.1 Å². The molecule has 5 rings (SSSR count). The van der Waals surface area contributed by atoms with Crippen LogP contribution in [0.15, 0.2) is 17.5 Å². The van der Waals surface area contributed by atoms with E-state index < -0.39 is 5.54 Å². The molecule has 0 unspecified atom stereocenters. The predicted molar refractivity (Wildman–Crippen MR) is 134 cm³/mol. The van der Waals surface area contributed by atoms with Gasteiger partial charge in [-0.2, -0.15) is 0 Å². The second-order valence-electron chi connectivity index (χ2n) is 10.7. The first-order valence-corrected chi connectivity index (χ1v) is 13.8. The average molecular weight is 471 g/mol. The highest BCUT2D eigenvalue weighted by Gasteiger charge is 2.48. The number of rotatable bonds is 5. The maximum absolute atomic E-state index is 13.8. The van der Waals surface area contributed by atoms with Crippen LogP contribution in [-0.2, 0) is 11.3 Å². The Labute approximate surface area is 201 Å². The predicted octanol–water partition coefficient (Wildman–Crippen LogP) is 4.49. The molecule has 2 fully saturated rings. The van der Waals surface area contributed by atoms with Crippen molar-refractivity contribution in [2.45, 2.75) is 83.3 Å². The highest BCUT2D eigenvalue weighted by Crippen LogP contribution is 2.35. The van der Waals surface area contributed by atoms with Gasteiger partial charge in [0.05, 0.1) is 16.8 Å². The largest absolute Gasteiger partial charge is 0.351 e. The highest BCUT2D eigenvalue weighted by molar-refractivity contribution is 7.17. The van der Waals surface area contributed by atoms with Crippen LogP contribution in [-0.4, -0.2) is 63.9 Å². The van der Waals surface area contributed by atoms with Crippen molar-refractivity contribution in [2.75, 3.05) is 26.2 Å². The summed E-state index contributed by atoms with van der Waals surface area (Å²) in [5, 5.41) is 5.42. The van der Waals surface area contributed by atoms with Crippen molar-refractivity contribution < 1.29 is 9.59 Å². The number of carbonyl (C=O) groups excluding carboxylic acids is 2. The number of nitrogens with zero attached hydrogens (tertiary/aromatic N) is 3. The number of hydrogen-bond acceptors (Lipinski definition) is 4. The Kier molecular flexibility index (Phi) is 6.54. The van der Waals surface area contributed by atoms with Gasteiger partial charge in [0.2, 0.25) is 5.91 Å². The summed E-state index contributed by atoms with van der Waals surface area (Å²) < 4.78 is 3.20. The lowest BCUT2D eigenvalue weighted by Gasteiger charge is -2.45. The van der Waals surface area contributed by atoms with E-state index in [0.717, 1.165) is 67.1 Å². The van der Waals surface area contributed by atoms with Gasteiger partial charge in [-0.05, 0) is 82.0 Å². The Bertz CT molecular complexity index is 997. The van der Waals surface area contributed by atoms with Gasteiger partial charge in [0.25, 0.3) is 5.91 Å². The lowest BCUT2D eigenvalue weighted by atomic mass is 9.86. The summed E-state index contributed by atoms with van der Waals surface area (Å²) in [5.74, 6) is 0.743. The fraction of sp³-hybridized carbons (Fsp3) is 0.692. The normalized spacial score (nSPS) is 29.2. The van der Waals surface area contributed by atoms with Crippen LogP contribution in [0, 0.1) is 5.92 Å². The maximum atomic E-state index is 13.8. The molecule has 2 aromatic rings. The van der Waals surface area contributed by atoms with Crippen LogP contribution in [0.3, 0.4) is 0 Å². The van der Waals surface area contributed by atoms with E-state index in [4.69, 9.17) is 0 Å². The van der Waals surface area contributed by atoms with E-state index in [1.165, 1.54) is 25.7 Å². The van der Waals surface area contributed by atoms with Gasteiger partial charge in [-0.15, -0.1) is 11.3 Å². The quantitative estimate of drug-likeness (QED) is 0.701. The van der Waals surface area contributed by atoms with Crippen molar-refractivity contribution in [3.05, 3.63) is 23.2 Å². The molecule has 1 atom stereocenters. The molecular formula is C26H38N4O2S. The van der Waals surface area contributed by atoms with E-state index in [0.29, 0.717) is 13.1 Å². The molecule has 2 amide bonds. The van der Waals surface area contributed by atoms with Gasteiger partial charge >= 0.3 is 0 Å². The fourth-order valence-corrected chi connectivity index (χ4v) is 6.79. The van der Waals surface area contributed by atoms with Crippen molar-refractivity contribution in [1.82, 2.24) is 19.7 Å². The minimum absolute atomic E-state index is 0.00520. The SMILES string of the molecule is CC1CCC(NC(=O)[C@@]2(C)Cn3c(cc4sccc43)C(=O)N2CCN2CCCCCC2)CC1. The van der Waals surface area contributed by atoms with Crippen LogP contribution in [0.1, 0.15) is 75.7 Å². The Morgan fingerprint density at radius 3 is 2.58 bits per heavy atom. The van der Waals surface area contributed by atoms with Gasteiger partial charge in [-0.3, -0.25) is 9.59 Å². The first-order chi connectivity index (χ1) is 16.0. The molecule has 33 heavy (non-hydrogen) atoms. The molecule has 0 spiro atoms. The zero-order chi connectivity index (χ0) is 23.0. The molecule has 0 aromatic carbocycles. The number of thiophene rings is 1. The van der Waals surface area contributed by atoms with Gasteiger partial charge in [0.1, 0.15) is 11.2 Å². The third-order valence-electron chi connectivity index (χ3n) is 8.23. The third kappa shape index (κ3) is 4.46. The van der Waals surface area contributed by atoms with Gasteiger partial charge < -0.3 is 19.7 Å². The summed E-state index contributed by atoms with van der Waals surface area (Å²) in [4.78, 5) is 32.0. The Hall–Kier alpha value is -1.86. The number of nitrogens with one attached hydrogen (secondary N) is 1. The molecule has 0 radical (unpaired) electrons. The molecule has 1 aliphatic carbocycles. The number of amides is 2. The second kappa shape index (κ2) is 9.41. The van der Waals surface area contributed by atoms with Crippen LogP contribution < -0.4 is 5.32 Å². The third-order valence-corrected chi connectivity index (χ3v) is 9.08. The number of hydrogen-bond donors (Lipinski definition) is 1. The molecule has 7 heteroatoms. The molecule has 4 heterocycles. The lowest BCUT2D eigenvalue weighted by molar-refractivity contribution is -0.134. The topological polar surface area (TPSA) is 57.6 Å². The minimum atomic E-state index is -0.882. The minimum Gasteiger partial charge on any atom is -0.351 e. The smallest absolute Gasteiger partial charge is 0.271 e. The van der Waals surface area contributed by atoms with Crippen LogP contribution >= 0.6 is 11.3 Å². The van der Waals surface area contributed by atoms with Crippen molar-refractivity contribution >= 4 is 33.4 Å². The van der Waals surface area contributed by atoms with E-state index in [1.807, 2.05) is 17.9 Å². The Morgan fingerprint density at radius 1 is 1.12 bits per heavy atom. The lowest BCUT2D eigenvalue weighted by Crippen LogP contribution is -2.65. The molecule has 180 valence electrons. The number of carbonyl (C=O) groups is 2. The van der Waals surface area contributed by atoms with Crippen LogP contribution in [0.4, 0.5) is 0 Å². The first kappa shape index (κ1) is 22.9. The summed E-state index contributed by atoms with van der Waals surface area (Å²) in [5.41, 5.74) is 0.915. The van der Waals surface area contributed by atoms with Crippen LogP contribution in [0.2, 0.25) is 0 Å². The number of likely N-dealkylation sites (tertiary alicyclic amines) is 1. The summed E-state index contributed by atoms with van der Waals surface area (Å²) >= 11 is 1.66. The maximum Gasteiger partial charge on any atom is 0.271 e. The number of fused-ring (bicyclic) bond motifs is 3. The zero-order valence-electron chi connectivity index (χ0n) is 20.1. The molecule has 6 nitrogen and oxygen atoms in total. The Balaban J connectivity index is 1.40. The van der Waals surface area contributed by atoms with Gasteiger partial charge in [0.15, 0.2) is 0 Å². The van der Waals surface area contributed by atoms with E-state index in [2.05, 4.69) is 33.2 Å². The van der Waals surface area contributed by atoms with Crippen molar-refractivity contribution in [3.8, 4) is 0 Å². The molecule has 2 aromatic heterocycles. The summed E-state index contributed by atoms with van der Waals surface area (Å²) in [6, 6.07) is 4.31. The van der Waals surface area contributed by atoms with Crippen molar-refractivity contribution in [2.24, 2.45) is 5.92 Å². The summed E-state index contributed by atoms with van der Waals surface area (Å²) in [6.45, 7) is 8.42. The number of aromatic nitrogens is 1. The Morgan fingerprint density at radius 2 is 1.85 bits per heavy atom. The van der Waals surface area contributed by atoms with E-state index in [-0.39, 0.29) is 17.9 Å². The molecule has 3 aliphatic rings. The molecule has 1 saturated heterocycles. The first-order valence-electron chi connectivity index (χ1n) is 12.9.